The SMILES string of the molecule is C.C=C(O)C(C)C.C=P(O)(O)C(C)C.C=S(=O)(O)C(C)C.CC(=O)c1cc(C(=O)O)cc(C(C)C)c1. The molecule has 0 radical (unpaired) electrons. The van der Waals surface area contributed by atoms with Crippen LogP contribution in [0.2, 0.25) is 0 Å². The van der Waals surface area contributed by atoms with E-state index >= 15 is 0 Å². The first kappa shape index (κ1) is 41.2. The maximum Gasteiger partial charge on any atom is 0.335 e. The zero-order valence-electron chi connectivity index (χ0n) is 22.5. The summed E-state index contributed by atoms with van der Waals surface area (Å²) in [5, 5.41) is 17.1. The van der Waals surface area contributed by atoms with Crippen molar-refractivity contribution in [2.24, 2.45) is 5.92 Å². The number of aliphatic hydroxyl groups is 1. The van der Waals surface area contributed by atoms with E-state index in [0.717, 1.165) is 5.56 Å². The van der Waals surface area contributed by atoms with Crippen molar-refractivity contribution in [3.8, 4) is 0 Å². The number of hydrogen-bond acceptors (Lipinski definition) is 6. The Balaban J connectivity index is -0.000000207. The molecule has 1 aromatic rings. The molecule has 212 valence electrons. The molecule has 0 saturated heterocycles. The van der Waals surface area contributed by atoms with Crippen LogP contribution in [-0.4, -0.2) is 63.6 Å². The normalized spacial score (nSPS) is 12.1. The zero-order chi connectivity index (χ0) is 28.9. The summed E-state index contributed by atoms with van der Waals surface area (Å²) < 4.78 is 18.8. The minimum atomic E-state index is -2.74. The standard InChI is InChI=1S/C12H14O3.C5H10O.C4H11O2P.C4H10O2S.CH4/c1-7(2)9-4-10(8(3)13)6-11(5-9)12(14)15;1-4(2)5(3)6;2*1-4(2)7(3,5)6;/h4-7H,1-3H3,(H,14,15);4,6H,3H2,1-2H3;4-6H,3H2,1-2H3;4H,3H2,1-2H3,(H,5,6);1H4. The zero-order valence-corrected chi connectivity index (χ0v) is 24.2. The summed E-state index contributed by atoms with van der Waals surface area (Å²) in [6, 6.07) is 4.77. The summed E-state index contributed by atoms with van der Waals surface area (Å²) in [6.07, 6.45) is 3.19. The number of carbonyl (C=O) groups excluding carboxylic acids is 1. The summed E-state index contributed by atoms with van der Waals surface area (Å²) in [5.41, 5.74) is 1.41. The molecular weight excluding hydrogens is 503 g/mol. The van der Waals surface area contributed by atoms with Crippen LogP contribution in [0.5, 0.6) is 0 Å². The van der Waals surface area contributed by atoms with Gasteiger partial charge in [0, 0.05) is 22.4 Å². The number of allylic oxidation sites excluding steroid dienone is 1. The fraction of sp³-hybridized carbons (Fsp3) is 0.538. The Morgan fingerprint density at radius 3 is 1.39 bits per heavy atom. The first-order valence-corrected chi connectivity index (χ1v) is 14.7. The average molecular weight is 553 g/mol. The van der Waals surface area contributed by atoms with Crippen molar-refractivity contribution < 1.29 is 38.4 Å². The van der Waals surface area contributed by atoms with Crippen LogP contribution < -0.4 is 0 Å². The number of hydrogen-bond donors (Lipinski definition) is 5. The molecule has 0 aromatic heterocycles. The molecule has 0 heterocycles. The maximum atomic E-state index is 11.2. The van der Waals surface area contributed by atoms with Gasteiger partial charge in [0.05, 0.1) is 21.1 Å². The Hall–Kier alpha value is -1.90. The van der Waals surface area contributed by atoms with Crippen molar-refractivity contribution in [3.63, 3.8) is 0 Å². The van der Waals surface area contributed by atoms with E-state index in [1.165, 1.54) is 13.0 Å². The topological polar surface area (TPSA) is 152 Å². The molecular formula is C26H49O8PS. The average Bonchev–Trinajstić information content (AvgIpc) is 2.67. The fourth-order valence-corrected chi connectivity index (χ4v) is 1.31. The molecule has 0 aliphatic rings. The van der Waals surface area contributed by atoms with Gasteiger partial charge in [0.2, 0.25) is 0 Å². The van der Waals surface area contributed by atoms with Gasteiger partial charge in [-0.05, 0) is 56.3 Å². The maximum absolute atomic E-state index is 11.2. The van der Waals surface area contributed by atoms with Crippen molar-refractivity contribution in [3.05, 3.63) is 47.2 Å². The number of ketones is 1. The molecule has 1 aromatic carbocycles. The first-order chi connectivity index (χ1) is 15.4. The molecule has 5 N–H and O–H groups in total. The minimum Gasteiger partial charge on any atom is -0.513 e. The predicted molar refractivity (Wildman–Crippen MR) is 157 cm³/mol. The number of benzene rings is 1. The lowest BCUT2D eigenvalue weighted by Crippen LogP contribution is -2.10. The van der Waals surface area contributed by atoms with Gasteiger partial charge in [0.15, 0.2) is 5.78 Å². The second kappa shape index (κ2) is 18.4. The van der Waals surface area contributed by atoms with Gasteiger partial charge in [-0.1, -0.05) is 61.8 Å². The van der Waals surface area contributed by atoms with Crippen molar-refractivity contribution in [1.29, 1.82) is 0 Å². The van der Waals surface area contributed by atoms with Crippen LogP contribution in [0.3, 0.4) is 0 Å². The number of aromatic carboxylic acids is 1. The van der Waals surface area contributed by atoms with Gasteiger partial charge in [-0.15, -0.1) is 0 Å². The van der Waals surface area contributed by atoms with E-state index in [2.05, 4.69) is 18.7 Å². The number of carboxylic acids is 1. The third-order valence-electron chi connectivity index (χ3n) is 4.51. The van der Waals surface area contributed by atoms with Gasteiger partial charge in [-0.25, -0.2) is 9.00 Å². The Morgan fingerprint density at radius 1 is 0.917 bits per heavy atom. The lowest BCUT2D eigenvalue weighted by molar-refractivity contribution is 0.0696. The van der Waals surface area contributed by atoms with Gasteiger partial charge in [0.25, 0.3) is 0 Å². The van der Waals surface area contributed by atoms with E-state index in [0.29, 0.717) is 5.56 Å². The van der Waals surface area contributed by atoms with E-state index in [1.807, 2.05) is 27.7 Å². The number of aliphatic hydroxyl groups excluding tert-OH is 1. The highest BCUT2D eigenvalue weighted by atomic mass is 32.2. The Labute approximate surface area is 219 Å². The van der Waals surface area contributed by atoms with Gasteiger partial charge >= 0.3 is 5.97 Å². The lowest BCUT2D eigenvalue weighted by atomic mass is 9.96. The van der Waals surface area contributed by atoms with Crippen molar-refractivity contribution in [2.45, 2.75) is 86.6 Å². The van der Waals surface area contributed by atoms with Crippen LogP contribution in [0.15, 0.2) is 30.5 Å². The predicted octanol–water partition coefficient (Wildman–Crippen LogP) is 6.30. The Bertz CT molecular complexity index is 939. The summed E-state index contributed by atoms with van der Waals surface area (Å²) in [5.74, 6) is 2.62. The number of carbonyl (C=O) groups is 2. The van der Waals surface area contributed by atoms with Crippen LogP contribution >= 0.6 is 7.34 Å². The molecule has 0 spiro atoms. The molecule has 0 saturated carbocycles. The third kappa shape index (κ3) is 21.4. The second-order valence-corrected chi connectivity index (χ2v) is 14.1. The van der Waals surface area contributed by atoms with E-state index in [9.17, 15) is 13.8 Å². The third-order valence-corrected chi connectivity index (χ3v) is 7.63. The second-order valence-electron chi connectivity index (χ2n) is 9.12. The highest BCUT2D eigenvalue weighted by molar-refractivity contribution is 7.95. The van der Waals surface area contributed by atoms with Crippen molar-refractivity contribution in [1.82, 2.24) is 0 Å². The van der Waals surface area contributed by atoms with Gasteiger partial charge in [-0.2, -0.15) is 0 Å². The van der Waals surface area contributed by atoms with E-state index in [4.69, 9.17) is 24.6 Å². The van der Waals surface area contributed by atoms with Crippen LogP contribution in [0, 0.1) is 5.92 Å². The number of Topliss-reactive ketones (excluding diaryl/α,β-unsaturated/α-hetero) is 1. The van der Waals surface area contributed by atoms with Crippen LogP contribution in [-0.2, 0) is 9.80 Å². The molecule has 0 aliphatic carbocycles. The highest BCUT2D eigenvalue weighted by Gasteiger charge is 2.11. The molecule has 1 atom stereocenters. The molecule has 36 heavy (non-hydrogen) atoms. The van der Waals surface area contributed by atoms with Gasteiger partial charge in [-0.3, -0.25) is 4.79 Å². The van der Waals surface area contributed by atoms with E-state index in [-0.39, 0.29) is 47.3 Å². The molecule has 8 nitrogen and oxygen atoms in total. The summed E-state index contributed by atoms with van der Waals surface area (Å²) in [6.45, 7) is 19.3. The summed E-state index contributed by atoms with van der Waals surface area (Å²) >= 11 is 0. The first-order valence-electron chi connectivity index (χ1n) is 11.0. The molecule has 1 rings (SSSR count). The van der Waals surface area contributed by atoms with E-state index < -0.39 is 23.1 Å². The Morgan fingerprint density at radius 2 is 1.22 bits per heavy atom. The smallest absolute Gasteiger partial charge is 0.335 e. The Kier molecular flexibility index (Phi) is 21.0. The van der Waals surface area contributed by atoms with E-state index in [1.54, 1.807) is 39.8 Å². The molecule has 10 heteroatoms. The molecule has 0 fully saturated rings. The van der Waals surface area contributed by atoms with Crippen LogP contribution in [0.25, 0.3) is 0 Å². The van der Waals surface area contributed by atoms with Crippen molar-refractivity contribution in [2.75, 3.05) is 0 Å². The lowest BCUT2D eigenvalue weighted by Gasteiger charge is -2.12. The van der Waals surface area contributed by atoms with Crippen LogP contribution in [0.1, 0.15) is 102 Å². The molecule has 1 unspecified atom stereocenters. The summed E-state index contributed by atoms with van der Waals surface area (Å²) in [4.78, 5) is 39.3. The molecule has 0 amide bonds. The monoisotopic (exact) mass is 552 g/mol. The molecule has 0 aliphatic heterocycles. The van der Waals surface area contributed by atoms with Gasteiger partial charge in [0.1, 0.15) is 7.34 Å². The highest BCUT2D eigenvalue weighted by Crippen LogP contribution is 2.39. The number of carboxylic acid groups (broad SMARTS) is 1. The van der Waals surface area contributed by atoms with Crippen LogP contribution in [0.4, 0.5) is 0 Å². The van der Waals surface area contributed by atoms with Crippen molar-refractivity contribution >= 4 is 41.1 Å². The fourth-order valence-electron chi connectivity index (χ4n) is 1.31. The van der Waals surface area contributed by atoms with Gasteiger partial charge < -0.3 is 24.6 Å². The number of rotatable bonds is 6. The minimum absolute atomic E-state index is 0. The summed E-state index contributed by atoms with van der Waals surface area (Å²) in [7, 11) is -5.48. The quantitative estimate of drug-likeness (QED) is 0.119. The molecule has 0 bridgehead atoms. The largest absolute Gasteiger partial charge is 0.513 e.